The van der Waals surface area contributed by atoms with Crippen molar-refractivity contribution in [2.24, 2.45) is 4.99 Å². The number of halogens is 1. The van der Waals surface area contributed by atoms with E-state index >= 15 is 0 Å². The van der Waals surface area contributed by atoms with Crippen LogP contribution in [0.15, 0.2) is 64.8 Å². The number of fused-ring (bicyclic) bond motifs is 1. The number of carbonyl (C=O) groups is 1. The number of allylic oxidation sites excluding steroid dienone is 2. The minimum atomic E-state index is -0.224. The third-order valence-corrected chi connectivity index (χ3v) is 7.08. The maximum absolute atomic E-state index is 14.6. The summed E-state index contributed by atoms with van der Waals surface area (Å²) in [6.45, 7) is 0. The van der Waals surface area contributed by atoms with E-state index in [1.165, 1.54) is 5.71 Å². The highest BCUT2D eigenvalue weighted by Crippen LogP contribution is 2.48. The molecule has 5 rings (SSSR count). The third-order valence-electron chi connectivity index (χ3n) is 5.74. The Morgan fingerprint density at radius 3 is 2.74 bits per heavy atom. The zero-order valence-corrected chi connectivity index (χ0v) is 15.8. The Morgan fingerprint density at radius 2 is 1.89 bits per heavy atom. The second-order valence-electron chi connectivity index (χ2n) is 7.36. The third kappa shape index (κ3) is 2.87. The van der Waals surface area contributed by atoms with Gasteiger partial charge in [-0.1, -0.05) is 36.4 Å². The number of hydrogen-bond donors (Lipinski definition) is 0. The fourth-order valence-corrected chi connectivity index (χ4v) is 5.92. The van der Waals surface area contributed by atoms with Crippen molar-refractivity contribution in [2.45, 2.75) is 36.9 Å². The van der Waals surface area contributed by atoms with Gasteiger partial charge >= 0.3 is 0 Å². The molecule has 2 nitrogen and oxygen atoms in total. The molecule has 27 heavy (non-hydrogen) atoms. The van der Waals surface area contributed by atoms with Crippen molar-refractivity contribution >= 4 is 23.3 Å². The van der Waals surface area contributed by atoms with Crippen molar-refractivity contribution in [3.8, 4) is 11.1 Å². The highest BCUT2D eigenvalue weighted by atomic mass is 32.2. The Morgan fingerprint density at radius 1 is 1.04 bits per heavy atom. The van der Waals surface area contributed by atoms with Crippen LogP contribution < -0.4 is 0 Å². The second-order valence-corrected chi connectivity index (χ2v) is 8.61. The van der Waals surface area contributed by atoms with Crippen molar-refractivity contribution in [1.29, 1.82) is 0 Å². The molecule has 1 aliphatic carbocycles. The minimum Gasteiger partial charge on any atom is -0.294 e. The minimum absolute atomic E-state index is 0.00383. The summed E-state index contributed by atoms with van der Waals surface area (Å²) in [5.41, 5.74) is 5.58. The molecule has 2 unspecified atom stereocenters. The second kappa shape index (κ2) is 6.75. The van der Waals surface area contributed by atoms with E-state index in [4.69, 9.17) is 4.99 Å². The Balaban J connectivity index is 1.66. The molecule has 3 aliphatic rings. The molecule has 0 N–H and O–H groups in total. The first-order valence-electron chi connectivity index (χ1n) is 9.52. The molecule has 136 valence electrons. The average Bonchev–Trinajstić information content (AvgIpc) is 3.16. The Labute approximate surface area is 162 Å². The number of benzene rings is 2. The van der Waals surface area contributed by atoms with Crippen molar-refractivity contribution in [1.82, 2.24) is 0 Å². The molecule has 1 saturated heterocycles. The Bertz CT molecular complexity index is 979. The lowest BCUT2D eigenvalue weighted by atomic mass is 9.76. The van der Waals surface area contributed by atoms with Gasteiger partial charge in [-0.2, -0.15) is 11.8 Å². The summed E-state index contributed by atoms with van der Waals surface area (Å²) in [6, 6.07) is 15.0. The van der Waals surface area contributed by atoms with E-state index in [1.807, 2.05) is 54.2 Å². The average molecular weight is 377 g/mol. The number of nitrogens with zero attached hydrogens (tertiary/aromatic N) is 1. The predicted molar refractivity (Wildman–Crippen MR) is 109 cm³/mol. The zero-order chi connectivity index (χ0) is 18.4. The van der Waals surface area contributed by atoms with E-state index in [9.17, 15) is 9.18 Å². The molecule has 2 aromatic carbocycles. The number of carbonyl (C=O) groups excluding carboxylic acids is 1. The molecule has 2 atom stereocenters. The van der Waals surface area contributed by atoms with E-state index in [-0.39, 0.29) is 22.8 Å². The molecule has 0 bridgehead atoms. The van der Waals surface area contributed by atoms with E-state index < -0.39 is 0 Å². The van der Waals surface area contributed by atoms with Crippen molar-refractivity contribution in [3.63, 3.8) is 0 Å². The van der Waals surface area contributed by atoms with Crippen LogP contribution in [-0.4, -0.2) is 22.5 Å². The fourth-order valence-electron chi connectivity index (χ4n) is 4.49. The number of thioether (sulfide) groups is 1. The first-order chi connectivity index (χ1) is 13.2. The van der Waals surface area contributed by atoms with Crippen molar-refractivity contribution < 1.29 is 9.18 Å². The standard InChI is InChI=1S/C23H20FNOS/c24-17-10-9-15(13-16(17)14-5-2-1-3-6-14)21-22-18(7-4-8-20(22)26)25-19-11-12-27-23(19)21/h1-3,5-6,9-10,13,21,23H,4,7-8,11-12H2. The maximum Gasteiger partial charge on any atom is 0.161 e. The van der Waals surface area contributed by atoms with Crippen molar-refractivity contribution in [2.75, 3.05) is 5.75 Å². The van der Waals surface area contributed by atoms with Gasteiger partial charge in [0.25, 0.3) is 0 Å². The van der Waals surface area contributed by atoms with Gasteiger partial charge in [-0.05, 0) is 48.3 Å². The normalized spacial score (nSPS) is 24.5. The lowest BCUT2D eigenvalue weighted by Gasteiger charge is -2.33. The summed E-state index contributed by atoms with van der Waals surface area (Å²) in [4.78, 5) is 17.7. The quantitative estimate of drug-likeness (QED) is 0.687. The van der Waals surface area contributed by atoms with Gasteiger partial charge in [-0.25, -0.2) is 4.39 Å². The monoisotopic (exact) mass is 377 g/mol. The lowest BCUT2D eigenvalue weighted by Crippen LogP contribution is -2.32. The zero-order valence-electron chi connectivity index (χ0n) is 15.0. The van der Waals surface area contributed by atoms with Gasteiger partial charge in [0.2, 0.25) is 0 Å². The van der Waals surface area contributed by atoms with Gasteiger partial charge in [-0.15, -0.1) is 0 Å². The number of aliphatic imine (C=N–C) groups is 1. The first-order valence-corrected chi connectivity index (χ1v) is 10.6. The van der Waals surface area contributed by atoms with Crippen molar-refractivity contribution in [3.05, 3.63) is 71.2 Å². The first kappa shape index (κ1) is 16.9. The van der Waals surface area contributed by atoms with E-state index in [0.29, 0.717) is 12.0 Å². The molecule has 0 radical (unpaired) electrons. The van der Waals surface area contributed by atoms with Gasteiger partial charge in [0.1, 0.15) is 5.82 Å². The molecular formula is C23H20FNOS. The van der Waals surface area contributed by atoms with Crippen LogP contribution in [0.3, 0.4) is 0 Å². The molecule has 0 saturated carbocycles. The van der Waals surface area contributed by atoms with E-state index in [1.54, 1.807) is 6.07 Å². The molecule has 0 spiro atoms. The smallest absolute Gasteiger partial charge is 0.161 e. The van der Waals surface area contributed by atoms with Gasteiger partial charge in [-0.3, -0.25) is 9.79 Å². The predicted octanol–water partition coefficient (Wildman–Crippen LogP) is 5.54. The summed E-state index contributed by atoms with van der Waals surface area (Å²) in [5.74, 6) is 1.04. The highest BCUT2D eigenvalue weighted by molar-refractivity contribution is 8.01. The van der Waals surface area contributed by atoms with Crippen LogP contribution >= 0.6 is 11.8 Å². The van der Waals surface area contributed by atoms with Gasteiger partial charge in [0, 0.05) is 34.9 Å². The molecule has 0 aromatic heterocycles. The molecular weight excluding hydrogens is 357 g/mol. The lowest BCUT2D eigenvalue weighted by molar-refractivity contribution is -0.116. The molecule has 4 heteroatoms. The van der Waals surface area contributed by atoms with Crippen LogP contribution in [0.4, 0.5) is 4.39 Å². The van der Waals surface area contributed by atoms with Crippen LogP contribution in [0, 0.1) is 5.82 Å². The maximum atomic E-state index is 14.6. The summed E-state index contributed by atoms with van der Waals surface area (Å²) >= 11 is 1.88. The topological polar surface area (TPSA) is 29.4 Å². The van der Waals surface area contributed by atoms with Crippen LogP contribution in [0.1, 0.15) is 37.2 Å². The Hall–Kier alpha value is -2.20. The van der Waals surface area contributed by atoms with Crippen LogP contribution in [-0.2, 0) is 4.79 Å². The number of hydrogen-bond acceptors (Lipinski definition) is 3. The van der Waals surface area contributed by atoms with Gasteiger partial charge < -0.3 is 0 Å². The van der Waals surface area contributed by atoms with Crippen LogP contribution in [0.25, 0.3) is 11.1 Å². The van der Waals surface area contributed by atoms with E-state index in [0.717, 1.165) is 47.4 Å². The molecule has 2 heterocycles. The molecule has 2 aliphatic heterocycles. The number of Topliss-reactive ketones (excluding diaryl/α,β-unsaturated/α-hetero) is 1. The Kier molecular flexibility index (Phi) is 4.24. The molecule has 1 fully saturated rings. The van der Waals surface area contributed by atoms with Crippen LogP contribution in [0.5, 0.6) is 0 Å². The fraction of sp³-hybridized carbons (Fsp3) is 0.304. The van der Waals surface area contributed by atoms with Gasteiger partial charge in [0.15, 0.2) is 5.78 Å². The van der Waals surface area contributed by atoms with Crippen LogP contribution in [0.2, 0.25) is 0 Å². The van der Waals surface area contributed by atoms with E-state index in [2.05, 4.69) is 0 Å². The van der Waals surface area contributed by atoms with Gasteiger partial charge in [0.05, 0.1) is 5.25 Å². The summed E-state index contributed by atoms with van der Waals surface area (Å²) in [6.07, 6.45) is 3.36. The number of rotatable bonds is 2. The molecule has 0 amide bonds. The number of ketones is 1. The summed E-state index contributed by atoms with van der Waals surface area (Å²) in [5, 5.41) is 0.208. The summed E-state index contributed by atoms with van der Waals surface area (Å²) in [7, 11) is 0. The highest BCUT2D eigenvalue weighted by Gasteiger charge is 2.42. The largest absolute Gasteiger partial charge is 0.294 e. The SMILES string of the molecule is O=C1CCCC2=C1C(c1ccc(F)c(-c3ccccc3)c1)C1SCCC1=N2. The summed E-state index contributed by atoms with van der Waals surface area (Å²) < 4.78 is 14.6. The molecule has 2 aromatic rings.